The van der Waals surface area contributed by atoms with E-state index in [9.17, 15) is 9.90 Å². The van der Waals surface area contributed by atoms with Crippen LogP contribution in [0.4, 0.5) is 0 Å². The lowest BCUT2D eigenvalue weighted by atomic mass is 9.91. The van der Waals surface area contributed by atoms with Crippen molar-refractivity contribution in [1.29, 1.82) is 0 Å². The van der Waals surface area contributed by atoms with Crippen molar-refractivity contribution in [3.8, 4) is 5.75 Å². The summed E-state index contributed by atoms with van der Waals surface area (Å²) < 4.78 is 0. The van der Waals surface area contributed by atoms with Crippen LogP contribution in [0, 0.1) is 5.92 Å². The number of nitrogens with one attached hydrogen (secondary N) is 2. The van der Waals surface area contributed by atoms with Gasteiger partial charge in [-0.3, -0.25) is 4.79 Å². The minimum atomic E-state index is 0.105. The van der Waals surface area contributed by atoms with Crippen molar-refractivity contribution in [2.45, 2.75) is 25.7 Å². The number of aromatic hydroxyl groups is 1. The minimum absolute atomic E-state index is 0.105. The van der Waals surface area contributed by atoms with E-state index < -0.39 is 0 Å². The van der Waals surface area contributed by atoms with Crippen molar-refractivity contribution in [2.24, 2.45) is 5.92 Å². The highest BCUT2D eigenvalue weighted by molar-refractivity contribution is 7.09. The van der Waals surface area contributed by atoms with Gasteiger partial charge in [0.15, 0.2) is 5.78 Å². The number of rotatable bonds is 5. The molecule has 1 unspecified atom stereocenters. The predicted octanol–water partition coefficient (Wildman–Crippen LogP) is 3.49. The number of thiophene rings is 1. The van der Waals surface area contributed by atoms with E-state index in [-0.39, 0.29) is 11.5 Å². The lowest BCUT2D eigenvalue weighted by Crippen LogP contribution is -2.31. The van der Waals surface area contributed by atoms with Crippen LogP contribution in [0.3, 0.4) is 0 Å². The van der Waals surface area contributed by atoms with Crippen LogP contribution in [0.5, 0.6) is 5.75 Å². The van der Waals surface area contributed by atoms with Gasteiger partial charge in [0.1, 0.15) is 22.6 Å². The lowest BCUT2D eigenvalue weighted by molar-refractivity contribution is 0.0955. The van der Waals surface area contributed by atoms with E-state index in [1.165, 1.54) is 4.88 Å². The Bertz CT molecular complexity index is 880. The highest BCUT2D eigenvalue weighted by Gasteiger charge is 2.21. The summed E-state index contributed by atoms with van der Waals surface area (Å²) in [4.78, 5) is 21.8. The summed E-state index contributed by atoms with van der Waals surface area (Å²) in [5.41, 5.74) is 1.74. The first kappa shape index (κ1) is 16.3. The Kier molecular flexibility index (Phi) is 4.55. The van der Waals surface area contributed by atoms with Crippen molar-refractivity contribution in [3.63, 3.8) is 0 Å². The topological polar surface area (TPSA) is 78.0 Å². The maximum atomic E-state index is 12.8. The van der Waals surface area contributed by atoms with Crippen LogP contribution < -0.4 is 5.32 Å². The Balaban J connectivity index is 1.62. The number of carbonyl (C=O) groups excluding carboxylic acids is 1. The van der Waals surface area contributed by atoms with Crippen LogP contribution in [0.1, 0.15) is 40.3 Å². The Labute approximate surface area is 150 Å². The summed E-state index contributed by atoms with van der Waals surface area (Å²) in [6, 6.07) is 7.35. The summed E-state index contributed by atoms with van der Waals surface area (Å²) >= 11 is 1.67. The molecule has 3 heterocycles. The number of hydrogen-bond donors (Lipinski definition) is 3. The van der Waals surface area contributed by atoms with Crippen LogP contribution in [0.25, 0.3) is 11.0 Å². The zero-order chi connectivity index (χ0) is 17.2. The third-order valence-electron chi connectivity index (χ3n) is 4.77. The number of phenolic OH excluding ortho intramolecular Hbond substituents is 1. The third-order valence-corrected chi connectivity index (χ3v) is 5.64. The predicted molar refractivity (Wildman–Crippen MR) is 99.4 cm³/mol. The molecule has 130 valence electrons. The van der Waals surface area contributed by atoms with Gasteiger partial charge >= 0.3 is 0 Å². The highest BCUT2D eigenvalue weighted by atomic mass is 32.1. The molecule has 1 aliphatic heterocycles. The second-order valence-corrected chi connectivity index (χ2v) is 7.67. The first-order chi connectivity index (χ1) is 12.2. The van der Waals surface area contributed by atoms with Crippen LogP contribution in [0.2, 0.25) is 0 Å². The molecule has 0 radical (unpaired) electrons. The second kappa shape index (κ2) is 6.98. The Morgan fingerprint density at radius 3 is 3.04 bits per heavy atom. The molecule has 1 atom stereocenters. The van der Waals surface area contributed by atoms with Gasteiger partial charge in [-0.25, -0.2) is 4.98 Å². The largest absolute Gasteiger partial charge is 0.506 e. The van der Waals surface area contributed by atoms with Gasteiger partial charge in [0.25, 0.3) is 0 Å². The van der Waals surface area contributed by atoms with Gasteiger partial charge in [-0.05, 0) is 55.4 Å². The molecule has 2 aromatic heterocycles. The molecule has 0 spiro atoms. The SMILES string of the molecule is O=C(CC1CCCNC1)c1ccc(O)c2[nH]c(Cc3cccs3)nc12. The molecule has 0 bridgehead atoms. The average Bonchev–Trinajstić information content (AvgIpc) is 3.26. The van der Waals surface area contributed by atoms with Gasteiger partial charge in [0.05, 0.1) is 0 Å². The number of aromatic amines is 1. The fourth-order valence-electron chi connectivity index (χ4n) is 3.48. The molecule has 0 saturated carbocycles. The molecule has 1 aromatic carbocycles. The number of H-pyrrole nitrogens is 1. The van der Waals surface area contributed by atoms with E-state index in [2.05, 4.69) is 21.4 Å². The first-order valence-corrected chi connectivity index (χ1v) is 9.55. The quantitative estimate of drug-likeness (QED) is 0.612. The number of aromatic nitrogens is 2. The number of imidazole rings is 1. The molecule has 6 heteroatoms. The molecular weight excluding hydrogens is 334 g/mol. The monoisotopic (exact) mass is 355 g/mol. The second-order valence-electron chi connectivity index (χ2n) is 6.64. The van der Waals surface area contributed by atoms with Crippen LogP contribution in [-0.4, -0.2) is 33.9 Å². The normalized spacial score (nSPS) is 17.8. The molecule has 3 N–H and O–H groups in total. The maximum Gasteiger partial charge on any atom is 0.165 e. The van der Waals surface area contributed by atoms with Crippen molar-refractivity contribution in [1.82, 2.24) is 15.3 Å². The van der Waals surface area contributed by atoms with Crippen molar-refractivity contribution in [2.75, 3.05) is 13.1 Å². The third kappa shape index (κ3) is 3.45. The van der Waals surface area contributed by atoms with Gasteiger partial charge < -0.3 is 15.4 Å². The van der Waals surface area contributed by atoms with E-state index in [4.69, 9.17) is 0 Å². The standard InChI is InChI=1S/C19H21N3O2S/c23-15-6-5-14(16(24)9-12-3-1-7-20-11-12)18-19(15)22-17(21-18)10-13-4-2-8-25-13/h2,4-6,8,12,20,23H,1,3,7,9-11H2,(H,21,22). The van der Waals surface area contributed by atoms with Gasteiger partial charge in [-0.2, -0.15) is 0 Å². The fraction of sp³-hybridized carbons (Fsp3) is 0.368. The van der Waals surface area contributed by atoms with E-state index in [0.29, 0.717) is 35.4 Å². The zero-order valence-electron chi connectivity index (χ0n) is 13.9. The minimum Gasteiger partial charge on any atom is -0.506 e. The van der Waals surface area contributed by atoms with Crippen LogP contribution in [0.15, 0.2) is 29.6 Å². The van der Waals surface area contributed by atoms with E-state index >= 15 is 0 Å². The Morgan fingerprint density at radius 2 is 2.28 bits per heavy atom. The smallest absolute Gasteiger partial charge is 0.165 e. The maximum absolute atomic E-state index is 12.8. The summed E-state index contributed by atoms with van der Waals surface area (Å²) in [6.07, 6.45) is 3.41. The summed E-state index contributed by atoms with van der Waals surface area (Å²) in [6.45, 7) is 1.94. The summed E-state index contributed by atoms with van der Waals surface area (Å²) in [7, 11) is 0. The van der Waals surface area contributed by atoms with Crippen molar-refractivity contribution < 1.29 is 9.90 Å². The average molecular weight is 355 g/mol. The number of hydrogen-bond acceptors (Lipinski definition) is 5. The number of Topliss-reactive ketones (excluding diaryl/α,β-unsaturated/α-hetero) is 1. The van der Waals surface area contributed by atoms with Gasteiger partial charge in [0.2, 0.25) is 0 Å². The number of nitrogens with zero attached hydrogens (tertiary/aromatic N) is 1. The number of piperidine rings is 1. The van der Waals surface area contributed by atoms with Crippen LogP contribution in [-0.2, 0) is 6.42 Å². The highest BCUT2D eigenvalue weighted by Crippen LogP contribution is 2.29. The zero-order valence-corrected chi connectivity index (χ0v) is 14.7. The number of benzene rings is 1. The molecule has 3 aromatic rings. The molecule has 1 fully saturated rings. The van der Waals surface area contributed by atoms with E-state index in [1.54, 1.807) is 23.5 Å². The molecule has 0 aliphatic carbocycles. The van der Waals surface area contributed by atoms with Crippen molar-refractivity contribution in [3.05, 3.63) is 45.9 Å². The molecule has 5 nitrogen and oxygen atoms in total. The van der Waals surface area contributed by atoms with Crippen LogP contribution >= 0.6 is 11.3 Å². The molecule has 1 saturated heterocycles. The summed E-state index contributed by atoms with van der Waals surface area (Å²) in [5.74, 6) is 1.39. The molecule has 1 aliphatic rings. The van der Waals surface area contributed by atoms with Gasteiger partial charge in [-0.1, -0.05) is 6.07 Å². The Hall–Kier alpha value is -2.18. The van der Waals surface area contributed by atoms with Gasteiger partial charge in [0, 0.05) is 23.3 Å². The molecule has 0 amide bonds. The molecule has 25 heavy (non-hydrogen) atoms. The van der Waals surface area contributed by atoms with E-state index in [1.807, 2.05) is 11.4 Å². The summed E-state index contributed by atoms with van der Waals surface area (Å²) in [5, 5.41) is 15.5. The molecular formula is C19H21N3O2S. The van der Waals surface area contributed by atoms with Gasteiger partial charge in [-0.15, -0.1) is 11.3 Å². The molecule has 4 rings (SSSR count). The van der Waals surface area contributed by atoms with Crippen molar-refractivity contribution >= 4 is 28.2 Å². The number of fused-ring (bicyclic) bond motifs is 1. The number of phenols is 1. The van der Waals surface area contributed by atoms with E-state index in [0.717, 1.165) is 31.8 Å². The number of ketones is 1. The lowest BCUT2D eigenvalue weighted by Gasteiger charge is -2.21. The Morgan fingerprint density at radius 1 is 1.36 bits per heavy atom. The first-order valence-electron chi connectivity index (χ1n) is 8.67. The fourth-order valence-corrected chi connectivity index (χ4v) is 4.19. The number of carbonyl (C=O) groups is 1.